The van der Waals surface area contributed by atoms with Crippen LogP contribution in [0.5, 0.6) is 0 Å². The van der Waals surface area contributed by atoms with Gasteiger partial charge in [0.25, 0.3) is 0 Å². The molecule has 20 heavy (non-hydrogen) atoms. The molecule has 1 aliphatic heterocycles. The van der Waals surface area contributed by atoms with Gasteiger partial charge in [0.15, 0.2) is 0 Å². The van der Waals surface area contributed by atoms with Crippen LogP contribution in [-0.2, 0) is 6.54 Å². The number of hydrogen-bond acceptors (Lipinski definition) is 2. The fourth-order valence-electron chi connectivity index (χ4n) is 2.61. The minimum absolute atomic E-state index is 0.349. The van der Waals surface area contributed by atoms with Crippen molar-refractivity contribution >= 4 is 0 Å². The van der Waals surface area contributed by atoms with E-state index >= 15 is 0 Å². The van der Waals surface area contributed by atoms with Gasteiger partial charge in [-0.3, -0.25) is 4.90 Å². The molecule has 0 atom stereocenters. The first kappa shape index (κ1) is 15.1. The van der Waals surface area contributed by atoms with Crippen molar-refractivity contribution in [1.29, 1.82) is 0 Å². The zero-order valence-corrected chi connectivity index (χ0v) is 12.0. The second-order valence-corrected chi connectivity index (χ2v) is 5.62. The summed E-state index contributed by atoms with van der Waals surface area (Å²) in [6, 6.07) is 3.97. The Bertz CT molecular complexity index is 466. The molecule has 1 fully saturated rings. The van der Waals surface area contributed by atoms with E-state index in [2.05, 4.69) is 16.8 Å². The maximum absolute atomic E-state index is 13.5. The summed E-state index contributed by atoms with van der Waals surface area (Å²) in [5.41, 5.74) is 1.58. The van der Waals surface area contributed by atoms with E-state index in [1.165, 1.54) is 17.7 Å². The van der Waals surface area contributed by atoms with Gasteiger partial charge in [0.05, 0.1) is 0 Å². The zero-order valence-electron chi connectivity index (χ0n) is 12.0. The van der Waals surface area contributed by atoms with Crippen LogP contribution in [-0.4, -0.2) is 30.6 Å². The molecule has 4 heteroatoms. The number of halogens is 2. The summed E-state index contributed by atoms with van der Waals surface area (Å²) in [5.74, 6) is -0.738. The van der Waals surface area contributed by atoms with Crippen LogP contribution in [0, 0.1) is 11.6 Å². The molecule has 0 radical (unpaired) electrons. The monoisotopic (exact) mass is 280 g/mol. The molecule has 0 unspecified atom stereocenters. The summed E-state index contributed by atoms with van der Waals surface area (Å²) in [6.07, 6.45) is 2.06. The van der Waals surface area contributed by atoms with Gasteiger partial charge in [0.2, 0.25) is 0 Å². The molecule has 2 nitrogen and oxygen atoms in total. The fraction of sp³-hybridized carbons (Fsp3) is 0.500. The molecule has 0 aliphatic carbocycles. The Kier molecular flexibility index (Phi) is 5.26. The van der Waals surface area contributed by atoms with Crippen LogP contribution in [0.4, 0.5) is 8.78 Å². The number of nitrogens with zero attached hydrogens (tertiary/aromatic N) is 1. The zero-order chi connectivity index (χ0) is 14.5. The number of piperidine rings is 1. The van der Waals surface area contributed by atoms with E-state index in [1.807, 2.05) is 6.92 Å². The highest BCUT2D eigenvalue weighted by Crippen LogP contribution is 2.14. The smallest absolute Gasteiger partial charge is 0.127 e. The molecule has 1 aliphatic rings. The average molecular weight is 280 g/mol. The van der Waals surface area contributed by atoms with Crippen molar-refractivity contribution in [2.24, 2.45) is 0 Å². The van der Waals surface area contributed by atoms with E-state index in [0.29, 0.717) is 18.2 Å². The first-order chi connectivity index (χ1) is 9.54. The van der Waals surface area contributed by atoms with Crippen LogP contribution >= 0.6 is 0 Å². The van der Waals surface area contributed by atoms with E-state index in [-0.39, 0.29) is 11.6 Å². The van der Waals surface area contributed by atoms with Crippen molar-refractivity contribution in [3.63, 3.8) is 0 Å². The summed E-state index contributed by atoms with van der Waals surface area (Å²) >= 11 is 0. The Morgan fingerprint density at radius 1 is 1.35 bits per heavy atom. The lowest BCUT2D eigenvalue weighted by atomic mass is 10.0. The molecule has 0 saturated carbocycles. The third kappa shape index (κ3) is 4.39. The SMILES string of the molecule is C=C(C)CN1CCC(NCc2cc(F)ccc2F)CC1. The maximum atomic E-state index is 13.5. The van der Waals surface area contributed by atoms with E-state index in [1.54, 1.807) is 0 Å². The van der Waals surface area contributed by atoms with Crippen molar-refractivity contribution in [3.8, 4) is 0 Å². The van der Waals surface area contributed by atoms with E-state index < -0.39 is 0 Å². The lowest BCUT2D eigenvalue weighted by Crippen LogP contribution is -2.42. The number of rotatable bonds is 5. The van der Waals surface area contributed by atoms with Gasteiger partial charge in [-0.15, -0.1) is 0 Å². The molecule has 1 saturated heterocycles. The van der Waals surface area contributed by atoms with Crippen molar-refractivity contribution in [2.45, 2.75) is 32.4 Å². The largest absolute Gasteiger partial charge is 0.310 e. The van der Waals surface area contributed by atoms with Gasteiger partial charge >= 0.3 is 0 Å². The van der Waals surface area contributed by atoms with Gasteiger partial charge in [0, 0.05) is 24.7 Å². The molecular formula is C16H22F2N2. The molecule has 0 spiro atoms. The van der Waals surface area contributed by atoms with E-state index in [9.17, 15) is 8.78 Å². The van der Waals surface area contributed by atoms with E-state index in [4.69, 9.17) is 0 Å². The average Bonchev–Trinajstić information content (AvgIpc) is 2.41. The second-order valence-electron chi connectivity index (χ2n) is 5.62. The highest BCUT2D eigenvalue weighted by Gasteiger charge is 2.18. The molecule has 110 valence electrons. The fourth-order valence-corrected chi connectivity index (χ4v) is 2.61. The highest BCUT2D eigenvalue weighted by atomic mass is 19.1. The molecule has 0 amide bonds. The Morgan fingerprint density at radius 2 is 2.05 bits per heavy atom. The third-order valence-corrected chi connectivity index (χ3v) is 3.67. The van der Waals surface area contributed by atoms with Gasteiger partial charge in [-0.05, 0) is 51.1 Å². The second kappa shape index (κ2) is 6.95. The van der Waals surface area contributed by atoms with Gasteiger partial charge in [0.1, 0.15) is 11.6 Å². The Morgan fingerprint density at radius 3 is 2.70 bits per heavy atom. The predicted octanol–water partition coefficient (Wildman–Crippen LogP) is 3.09. The predicted molar refractivity (Wildman–Crippen MR) is 77.5 cm³/mol. The van der Waals surface area contributed by atoms with Crippen molar-refractivity contribution in [2.75, 3.05) is 19.6 Å². The molecular weight excluding hydrogens is 258 g/mol. The summed E-state index contributed by atoms with van der Waals surface area (Å²) in [6.45, 7) is 9.35. The molecule has 1 aromatic rings. The van der Waals surface area contributed by atoms with Crippen molar-refractivity contribution in [1.82, 2.24) is 10.2 Å². The third-order valence-electron chi connectivity index (χ3n) is 3.67. The minimum Gasteiger partial charge on any atom is -0.310 e. The van der Waals surface area contributed by atoms with Crippen LogP contribution < -0.4 is 5.32 Å². The Balaban J connectivity index is 1.78. The van der Waals surface area contributed by atoms with Gasteiger partial charge in [-0.2, -0.15) is 0 Å². The van der Waals surface area contributed by atoms with Gasteiger partial charge in [-0.25, -0.2) is 8.78 Å². The summed E-state index contributed by atoms with van der Waals surface area (Å²) in [7, 11) is 0. The number of nitrogens with one attached hydrogen (secondary N) is 1. The Hall–Kier alpha value is -1.26. The normalized spacial score (nSPS) is 17.4. The summed E-state index contributed by atoms with van der Waals surface area (Å²) in [4.78, 5) is 2.38. The molecule has 1 aromatic carbocycles. The molecule has 0 aromatic heterocycles. The lowest BCUT2D eigenvalue weighted by Gasteiger charge is -2.32. The van der Waals surface area contributed by atoms with Gasteiger partial charge < -0.3 is 5.32 Å². The summed E-state index contributed by atoms with van der Waals surface area (Å²) < 4.78 is 26.6. The minimum atomic E-state index is -0.389. The van der Waals surface area contributed by atoms with Crippen molar-refractivity contribution in [3.05, 3.63) is 47.5 Å². The first-order valence-electron chi connectivity index (χ1n) is 7.08. The standard InChI is InChI=1S/C16H22F2N2/c1-12(2)11-20-7-5-15(6-8-20)19-10-13-9-14(17)3-4-16(13)18/h3-4,9,15,19H,1,5-8,10-11H2,2H3. The van der Waals surface area contributed by atoms with Crippen molar-refractivity contribution < 1.29 is 8.78 Å². The molecule has 2 rings (SSSR count). The van der Waals surface area contributed by atoms with E-state index in [0.717, 1.165) is 38.5 Å². The highest BCUT2D eigenvalue weighted by molar-refractivity contribution is 5.18. The molecule has 1 N–H and O–H groups in total. The van der Waals surface area contributed by atoms with Crippen LogP contribution in [0.1, 0.15) is 25.3 Å². The van der Waals surface area contributed by atoms with Crippen LogP contribution in [0.25, 0.3) is 0 Å². The van der Waals surface area contributed by atoms with Gasteiger partial charge in [-0.1, -0.05) is 12.2 Å². The molecule has 1 heterocycles. The lowest BCUT2D eigenvalue weighted by molar-refractivity contribution is 0.210. The quantitative estimate of drug-likeness (QED) is 0.834. The Labute approximate surface area is 119 Å². The van der Waals surface area contributed by atoms with Crippen LogP contribution in [0.3, 0.4) is 0 Å². The number of benzene rings is 1. The number of hydrogen-bond donors (Lipinski definition) is 1. The topological polar surface area (TPSA) is 15.3 Å². The van der Waals surface area contributed by atoms with Crippen LogP contribution in [0.15, 0.2) is 30.4 Å². The maximum Gasteiger partial charge on any atom is 0.127 e. The summed E-state index contributed by atoms with van der Waals surface area (Å²) in [5, 5.41) is 3.32. The molecule has 0 bridgehead atoms. The van der Waals surface area contributed by atoms with Crippen LogP contribution in [0.2, 0.25) is 0 Å². The first-order valence-corrected chi connectivity index (χ1v) is 7.08. The number of likely N-dealkylation sites (tertiary alicyclic amines) is 1.